The molecular weight excluding hydrogens is 424 g/mol. The monoisotopic (exact) mass is 450 g/mol. The number of H-pyrrole nitrogens is 1. The molecule has 2 amide bonds. The summed E-state index contributed by atoms with van der Waals surface area (Å²) in [7, 11) is 0. The van der Waals surface area contributed by atoms with Gasteiger partial charge in [-0.2, -0.15) is 5.10 Å². The van der Waals surface area contributed by atoms with Gasteiger partial charge in [-0.15, -0.1) is 0 Å². The van der Waals surface area contributed by atoms with Crippen LogP contribution in [-0.2, 0) is 16.1 Å². The molecule has 2 heterocycles. The second-order valence-corrected chi connectivity index (χ2v) is 8.62. The first-order valence-electron chi connectivity index (χ1n) is 10.6. The van der Waals surface area contributed by atoms with Crippen molar-refractivity contribution in [1.29, 1.82) is 0 Å². The Morgan fingerprint density at radius 2 is 1.91 bits per heavy atom. The summed E-state index contributed by atoms with van der Waals surface area (Å²) in [5, 5.41) is 13.1. The van der Waals surface area contributed by atoms with Gasteiger partial charge in [0, 0.05) is 31.9 Å². The second kappa shape index (κ2) is 10.9. The number of carbonyl (C=O) groups is 2. The third-order valence-corrected chi connectivity index (χ3v) is 6.20. The summed E-state index contributed by atoms with van der Waals surface area (Å²) in [6, 6.07) is 18.1. The van der Waals surface area contributed by atoms with Crippen LogP contribution < -0.4 is 10.6 Å². The van der Waals surface area contributed by atoms with E-state index in [1.807, 2.05) is 18.2 Å². The third-order valence-electron chi connectivity index (χ3n) is 5.32. The zero-order valence-electron chi connectivity index (χ0n) is 17.7. The molecule has 32 heavy (non-hydrogen) atoms. The molecule has 1 atom stereocenters. The van der Waals surface area contributed by atoms with Gasteiger partial charge in [0.15, 0.2) is 5.16 Å². The van der Waals surface area contributed by atoms with Crippen LogP contribution in [0.25, 0.3) is 11.1 Å². The molecule has 0 spiro atoms. The number of nitrogens with one attached hydrogen (secondary N) is 3. The number of carbonyl (C=O) groups excluding carboxylic acids is 2. The van der Waals surface area contributed by atoms with Crippen molar-refractivity contribution in [3.63, 3.8) is 0 Å². The molecule has 1 fully saturated rings. The number of thioether (sulfide) groups is 1. The molecule has 0 unspecified atom stereocenters. The fourth-order valence-corrected chi connectivity index (χ4v) is 4.33. The topological polar surface area (TPSA) is 103 Å². The molecule has 2 aromatic carbocycles. The van der Waals surface area contributed by atoms with E-state index in [1.165, 1.54) is 23.7 Å². The highest BCUT2D eigenvalue weighted by Crippen LogP contribution is 2.21. The maximum Gasteiger partial charge on any atom is 0.237 e. The standard InChI is InChI=1S/C23H26N6O2S/c30-21(24-11-13-32-23-26-16-27-28-23)14-20-22(31)25-10-12-29(20)15-17-6-8-19(9-7-17)18-4-2-1-3-5-18/h1-9,16,20H,10-15H2,(H,24,30)(H,25,31)(H,26,27,28)/t20-/m1/s1. The van der Waals surface area contributed by atoms with Crippen molar-refractivity contribution in [2.75, 3.05) is 25.4 Å². The molecule has 0 aliphatic carbocycles. The van der Waals surface area contributed by atoms with Crippen LogP contribution in [0.2, 0.25) is 0 Å². The minimum absolute atomic E-state index is 0.0941. The lowest BCUT2D eigenvalue weighted by atomic mass is 10.0. The van der Waals surface area contributed by atoms with E-state index in [9.17, 15) is 9.59 Å². The Morgan fingerprint density at radius 3 is 2.66 bits per heavy atom. The van der Waals surface area contributed by atoms with E-state index in [0.29, 0.717) is 31.9 Å². The Morgan fingerprint density at radius 1 is 1.12 bits per heavy atom. The van der Waals surface area contributed by atoms with Gasteiger partial charge in [0.05, 0.1) is 12.5 Å². The molecule has 8 nitrogen and oxygen atoms in total. The van der Waals surface area contributed by atoms with E-state index in [2.05, 4.69) is 67.1 Å². The van der Waals surface area contributed by atoms with E-state index in [4.69, 9.17) is 0 Å². The largest absolute Gasteiger partial charge is 0.355 e. The molecule has 1 aliphatic rings. The summed E-state index contributed by atoms with van der Waals surface area (Å²) in [6.07, 6.45) is 1.59. The fourth-order valence-electron chi connectivity index (χ4n) is 3.69. The fraction of sp³-hybridized carbons (Fsp3) is 0.304. The summed E-state index contributed by atoms with van der Waals surface area (Å²) in [4.78, 5) is 31.1. The number of amides is 2. The minimum atomic E-state index is -0.473. The third kappa shape index (κ3) is 5.95. The molecule has 0 bridgehead atoms. The molecule has 0 radical (unpaired) electrons. The van der Waals surface area contributed by atoms with Crippen LogP contribution in [-0.4, -0.2) is 63.3 Å². The Balaban J connectivity index is 1.31. The highest BCUT2D eigenvalue weighted by atomic mass is 32.2. The molecule has 3 N–H and O–H groups in total. The second-order valence-electron chi connectivity index (χ2n) is 7.53. The molecule has 166 valence electrons. The zero-order chi connectivity index (χ0) is 22.2. The number of benzene rings is 2. The van der Waals surface area contributed by atoms with Crippen LogP contribution >= 0.6 is 11.8 Å². The van der Waals surface area contributed by atoms with Crippen molar-refractivity contribution in [3.05, 3.63) is 66.5 Å². The summed E-state index contributed by atoms with van der Waals surface area (Å²) < 4.78 is 0. The number of aromatic amines is 1. The summed E-state index contributed by atoms with van der Waals surface area (Å²) in [6.45, 7) is 2.43. The first kappa shape index (κ1) is 22.0. The maximum absolute atomic E-state index is 12.5. The van der Waals surface area contributed by atoms with Gasteiger partial charge >= 0.3 is 0 Å². The predicted octanol–water partition coefficient (Wildman–Crippen LogP) is 2.07. The molecule has 1 saturated heterocycles. The first-order valence-corrected chi connectivity index (χ1v) is 11.6. The summed E-state index contributed by atoms with van der Waals surface area (Å²) >= 11 is 1.48. The van der Waals surface area contributed by atoms with Crippen molar-refractivity contribution in [2.45, 2.75) is 24.2 Å². The van der Waals surface area contributed by atoms with Crippen molar-refractivity contribution in [3.8, 4) is 11.1 Å². The number of rotatable bonds is 9. The Bertz CT molecular complexity index is 1010. The lowest BCUT2D eigenvalue weighted by Gasteiger charge is -2.34. The van der Waals surface area contributed by atoms with E-state index < -0.39 is 6.04 Å². The van der Waals surface area contributed by atoms with Gasteiger partial charge in [-0.05, 0) is 16.7 Å². The molecule has 1 aliphatic heterocycles. The molecular formula is C23H26N6O2S. The van der Waals surface area contributed by atoms with E-state index in [-0.39, 0.29) is 18.2 Å². The average molecular weight is 451 g/mol. The van der Waals surface area contributed by atoms with Crippen LogP contribution in [0, 0.1) is 0 Å². The first-order chi connectivity index (χ1) is 15.7. The van der Waals surface area contributed by atoms with Gasteiger partial charge in [-0.3, -0.25) is 19.6 Å². The van der Waals surface area contributed by atoms with Gasteiger partial charge in [0.2, 0.25) is 11.8 Å². The average Bonchev–Trinajstić information content (AvgIpc) is 3.34. The minimum Gasteiger partial charge on any atom is -0.355 e. The van der Waals surface area contributed by atoms with E-state index in [1.54, 1.807) is 0 Å². The quantitative estimate of drug-likeness (QED) is 0.341. The van der Waals surface area contributed by atoms with Gasteiger partial charge in [-0.1, -0.05) is 66.4 Å². The highest BCUT2D eigenvalue weighted by Gasteiger charge is 2.31. The maximum atomic E-state index is 12.5. The van der Waals surface area contributed by atoms with Gasteiger partial charge < -0.3 is 10.6 Å². The summed E-state index contributed by atoms with van der Waals surface area (Å²) in [5.74, 6) is 0.452. The van der Waals surface area contributed by atoms with E-state index >= 15 is 0 Å². The van der Waals surface area contributed by atoms with Crippen LogP contribution in [0.5, 0.6) is 0 Å². The van der Waals surface area contributed by atoms with Crippen LogP contribution in [0.4, 0.5) is 0 Å². The number of hydrogen-bond acceptors (Lipinski definition) is 6. The van der Waals surface area contributed by atoms with Crippen LogP contribution in [0.15, 0.2) is 66.1 Å². The molecule has 0 saturated carbocycles. The number of aromatic nitrogens is 3. The van der Waals surface area contributed by atoms with Gasteiger partial charge in [-0.25, -0.2) is 4.98 Å². The van der Waals surface area contributed by atoms with Gasteiger partial charge in [0.1, 0.15) is 6.33 Å². The normalized spacial score (nSPS) is 16.5. The van der Waals surface area contributed by atoms with Crippen molar-refractivity contribution >= 4 is 23.6 Å². The molecule has 3 aromatic rings. The van der Waals surface area contributed by atoms with Crippen molar-refractivity contribution in [1.82, 2.24) is 30.7 Å². The predicted molar refractivity (Wildman–Crippen MR) is 124 cm³/mol. The van der Waals surface area contributed by atoms with Gasteiger partial charge in [0.25, 0.3) is 0 Å². The highest BCUT2D eigenvalue weighted by molar-refractivity contribution is 7.99. The lowest BCUT2D eigenvalue weighted by molar-refractivity contribution is -0.134. The summed E-state index contributed by atoms with van der Waals surface area (Å²) in [5.41, 5.74) is 3.45. The smallest absolute Gasteiger partial charge is 0.237 e. The van der Waals surface area contributed by atoms with Crippen LogP contribution in [0.1, 0.15) is 12.0 Å². The molecule has 9 heteroatoms. The lowest BCUT2D eigenvalue weighted by Crippen LogP contribution is -2.56. The molecule has 1 aromatic heterocycles. The number of piperazine rings is 1. The SMILES string of the molecule is O=C(C[C@@H]1C(=O)NCCN1Cc1ccc(-c2ccccc2)cc1)NCCSc1ncn[nH]1. The Hall–Kier alpha value is -3.17. The Labute approximate surface area is 191 Å². The van der Waals surface area contributed by atoms with Crippen molar-refractivity contribution in [2.24, 2.45) is 0 Å². The van der Waals surface area contributed by atoms with Crippen molar-refractivity contribution < 1.29 is 9.59 Å². The molecule has 4 rings (SSSR count). The zero-order valence-corrected chi connectivity index (χ0v) is 18.5. The Kier molecular flexibility index (Phi) is 7.52. The number of hydrogen-bond donors (Lipinski definition) is 3. The number of nitrogens with zero attached hydrogens (tertiary/aromatic N) is 3. The van der Waals surface area contributed by atoms with E-state index in [0.717, 1.165) is 16.3 Å². The van der Waals surface area contributed by atoms with Crippen LogP contribution in [0.3, 0.4) is 0 Å².